The molecule has 1 aliphatic carbocycles. The highest BCUT2D eigenvalue weighted by atomic mass is 16.5. The minimum Gasteiger partial charge on any atom is -0.497 e. The summed E-state index contributed by atoms with van der Waals surface area (Å²) in [5.41, 5.74) is 2.34. The van der Waals surface area contributed by atoms with Gasteiger partial charge in [-0.15, -0.1) is 0 Å². The Morgan fingerprint density at radius 3 is 2.41 bits per heavy atom. The van der Waals surface area contributed by atoms with Crippen molar-refractivity contribution in [1.82, 2.24) is 15.2 Å². The van der Waals surface area contributed by atoms with Gasteiger partial charge in [0, 0.05) is 44.6 Å². The average Bonchev–Trinajstić information content (AvgIpc) is 2.91. The number of Topliss-reactive ketones (excluding diaryl/α,β-unsaturated/α-hetero) is 2. The van der Waals surface area contributed by atoms with Crippen LogP contribution in [0.15, 0.2) is 54.0 Å². The molecule has 2 aromatic rings. The molecule has 0 bridgehead atoms. The predicted octanol–water partition coefficient (Wildman–Crippen LogP) is 1.46. The van der Waals surface area contributed by atoms with E-state index < -0.39 is 5.78 Å². The van der Waals surface area contributed by atoms with E-state index in [1.807, 2.05) is 26.0 Å². The summed E-state index contributed by atoms with van der Waals surface area (Å²) in [5.74, 6) is 0.0933. The molecule has 2 aliphatic rings. The Kier molecular flexibility index (Phi) is 9.15. The number of pyridine rings is 1. The van der Waals surface area contributed by atoms with Crippen LogP contribution in [0.4, 0.5) is 5.69 Å². The third kappa shape index (κ3) is 5.61. The lowest BCUT2D eigenvalue weighted by atomic mass is 9.94. The second-order valence-corrected chi connectivity index (χ2v) is 7.78. The van der Waals surface area contributed by atoms with Crippen molar-refractivity contribution in [1.29, 1.82) is 0 Å². The average molecular weight is 469 g/mol. The van der Waals surface area contributed by atoms with Crippen LogP contribution in [-0.4, -0.2) is 73.0 Å². The maximum Gasteiger partial charge on any atom is 0.270 e. The molecule has 0 saturated carbocycles. The zero-order chi connectivity index (χ0) is 24.5. The first-order valence-corrected chi connectivity index (χ1v) is 11.7. The number of allylic oxidation sites excluding steroid dienone is 2. The fourth-order valence-corrected chi connectivity index (χ4v) is 4.10. The number of nitrogens with zero attached hydrogens (tertiary/aromatic N) is 3. The number of fused-ring (bicyclic) bond motifs is 1. The van der Waals surface area contributed by atoms with Crippen molar-refractivity contribution in [3.8, 4) is 5.75 Å². The molecule has 0 spiro atoms. The van der Waals surface area contributed by atoms with Crippen LogP contribution in [0.3, 0.4) is 0 Å². The molecule has 2 heterocycles. The Morgan fingerprint density at radius 2 is 1.76 bits per heavy atom. The number of aromatic nitrogens is 1. The van der Waals surface area contributed by atoms with E-state index in [1.54, 1.807) is 19.2 Å². The number of ketones is 2. The number of hydroxylamine groups is 1. The Morgan fingerprint density at radius 1 is 1.06 bits per heavy atom. The van der Waals surface area contributed by atoms with E-state index in [0.29, 0.717) is 12.0 Å². The summed E-state index contributed by atoms with van der Waals surface area (Å²) in [4.78, 5) is 34.1. The number of benzene rings is 1. The highest BCUT2D eigenvalue weighted by Gasteiger charge is 2.36. The third-order valence-corrected chi connectivity index (χ3v) is 5.90. The monoisotopic (exact) mass is 468 g/mol. The van der Waals surface area contributed by atoms with Gasteiger partial charge in [-0.25, -0.2) is 5.21 Å². The van der Waals surface area contributed by atoms with Crippen LogP contribution in [0, 0.1) is 0 Å². The molecule has 1 aromatic heterocycles. The highest BCUT2D eigenvalue weighted by molar-refractivity contribution is 6.24. The first-order chi connectivity index (χ1) is 16.6. The van der Waals surface area contributed by atoms with Crippen LogP contribution in [0.1, 0.15) is 41.1 Å². The van der Waals surface area contributed by atoms with Crippen LogP contribution in [0.2, 0.25) is 0 Å². The van der Waals surface area contributed by atoms with E-state index in [1.165, 1.54) is 11.9 Å². The zero-order valence-corrected chi connectivity index (χ0v) is 20.1. The molecule has 0 atom stereocenters. The quantitative estimate of drug-likeness (QED) is 0.394. The molecule has 9 nitrogen and oxygen atoms in total. The summed E-state index contributed by atoms with van der Waals surface area (Å²) in [6.45, 7) is 9.23. The van der Waals surface area contributed by atoms with Gasteiger partial charge in [-0.3, -0.25) is 19.5 Å². The summed E-state index contributed by atoms with van der Waals surface area (Å²) in [6, 6.07) is 11.3. The predicted molar refractivity (Wildman–Crippen MR) is 129 cm³/mol. The lowest BCUT2D eigenvalue weighted by Crippen LogP contribution is -2.81. The number of carbonyl (C=O) groups excluding carboxylic acids is 2. The van der Waals surface area contributed by atoms with E-state index in [4.69, 9.17) is 4.74 Å². The van der Waals surface area contributed by atoms with Crippen LogP contribution in [-0.2, 0) is 0 Å². The van der Waals surface area contributed by atoms with Crippen molar-refractivity contribution in [3.63, 3.8) is 0 Å². The van der Waals surface area contributed by atoms with E-state index in [0.717, 1.165) is 44.9 Å². The van der Waals surface area contributed by atoms with Gasteiger partial charge in [0.2, 0.25) is 11.5 Å². The van der Waals surface area contributed by atoms with Crippen LogP contribution in [0.25, 0.3) is 0 Å². The minimum absolute atomic E-state index is 0.0331. The Labute approximate surface area is 200 Å². The van der Waals surface area contributed by atoms with Gasteiger partial charge in [-0.2, -0.15) is 5.48 Å². The Hall–Kier alpha value is -3.27. The third-order valence-electron chi connectivity index (χ3n) is 5.90. The summed E-state index contributed by atoms with van der Waals surface area (Å²) in [7, 11) is 1.67. The molecular weight excluding hydrogens is 434 g/mol. The smallest absolute Gasteiger partial charge is 0.270 e. The SMILES string of the molecule is CC.COc1ccc(N2CCN(CCCNC3=C([NH2+]O)C(=O)c4ncccc4C3=O)CC2)cc1. The molecule has 0 unspecified atom stereocenters. The maximum atomic E-state index is 12.8. The van der Waals surface area contributed by atoms with Crippen LogP contribution < -0.4 is 20.4 Å². The zero-order valence-electron chi connectivity index (χ0n) is 20.1. The fraction of sp³-hybridized carbons (Fsp3) is 0.400. The van der Waals surface area contributed by atoms with Crippen LogP contribution >= 0.6 is 0 Å². The molecule has 0 radical (unpaired) electrons. The number of rotatable bonds is 8. The van der Waals surface area contributed by atoms with E-state index >= 15 is 0 Å². The molecule has 1 fully saturated rings. The second-order valence-electron chi connectivity index (χ2n) is 7.78. The number of hydrogen-bond acceptors (Lipinski definition) is 8. The van der Waals surface area contributed by atoms with Crippen molar-refractivity contribution in [2.45, 2.75) is 20.3 Å². The van der Waals surface area contributed by atoms with Gasteiger partial charge >= 0.3 is 0 Å². The van der Waals surface area contributed by atoms with Crippen molar-refractivity contribution in [2.24, 2.45) is 0 Å². The van der Waals surface area contributed by atoms with Crippen molar-refractivity contribution < 1.29 is 25.0 Å². The number of nitrogens with two attached hydrogens (primary N) is 1. The summed E-state index contributed by atoms with van der Waals surface area (Å²) in [6.07, 6.45) is 2.28. The summed E-state index contributed by atoms with van der Waals surface area (Å²) >= 11 is 0. The largest absolute Gasteiger partial charge is 0.497 e. The Bertz CT molecular complexity index is 1010. The molecule has 0 amide bonds. The number of carbonyl (C=O) groups is 2. The molecular formula is C25H34N5O4+. The van der Waals surface area contributed by atoms with Gasteiger partial charge in [0.1, 0.15) is 11.4 Å². The molecule has 1 aromatic carbocycles. The van der Waals surface area contributed by atoms with Gasteiger partial charge < -0.3 is 15.0 Å². The van der Waals surface area contributed by atoms with Gasteiger partial charge in [0.15, 0.2) is 5.70 Å². The van der Waals surface area contributed by atoms with Crippen molar-refractivity contribution in [2.75, 3.05) is 51.3 Å². The molecule has 1 saturated heterocycles. The van der Waals surface area contributed by atoms with Crippen molar-refractivity contribution in [3.05, 3.63) is 65.2 Å². The van der Waals surface area contributed by atoms with E-state index in [-0.39, 0.29) is 28.4 Å². The number of anilines is 1. The normalized spacial score (nSPS) is 16.1. The lowest BCUT2D eigenvalue weighted by Gasteiger charge is -2.36. The number of ether oxygens (including phenoxy) is 1. The topological polar surface area (TPSA) is 112 Å². The number of nitrogens with one attached hydrogen (secondary N) is 1. The minimum atomic E-state index is -0.445. The molecule has 182 valence electrons. The summed E-state index contributed by atoms with van der Waals surface area (Å²) < 4.78 is 5.22. The van der Waals surface area contributed by atoms with E-state index in [9.17, 15) is 14.8 Å². The van der Waals surface area contributed by atoms with Crippen LogP contribution in [0.5, 0.6) is 5.75 Å². The first-order valence-electron chi connectivity index (χ1n) is 11.7. The summed E-state index contributed by atoms with van der Waals surface area (Å²) in [5, 5.41) is 12.6. The number of methoxy groups -OCH3 is 1. The van der Waals surface area contributed by atoms with E-state index in [2.05, 4.69) is 32.2 Å². The van der Waals surface area contributed by atoms with Gasteiger partial charge in [0.05, 0.1) is 12.7 Å². The Balaban J connectivity index is 0.00000158. The molecule has 4 rings (SSSR count). The van der Waals surface area contributed by atoms with Gasteiger partial charge in [-0.1, -0.05) is 13.8 Å². The molecule has 4 N–H and O–H groups in total. The molecule has 1 aliphatic heterocycles. The number of hydrogen-bond donors (Lipinski definition) is 3. The molecule has 9 heteroatoms. The lowest BCUT2D eigenvalue weighted by molar-refractivity contribution is -0.846. The fourth-order valence-electron chi connectivity index (χ4n) is 4.10. The number of quaternary nitrogens is 1. The van der Waals surface area contributed by atoms with Gasteiger partial charge in [0.25, 0.3) is 5.78 Å². The van der Waals surface area contributed by atoms with Crippen molar-refractivity contribution >= 4 is 17.3 Å². The number of piperazine rings is 1. The standard InChI is InChI=1S/C23H27N5O4.C2H6/c1-32-17-7-5-16(6-8-17)28-14-12-27(13-15-28)11-3-10-25-20-21(26-31)23(30)19-18(22(20)29)4-2-9-24-19;1-2/h2,4-9,25-26,31H,3,10-15H2,1H3;1-2H3/p+1. The van der Waals surface area contributed by atoms with Gasteiger partial charge in [-0.05, 0) is 49.4 Å². The maximum absolute atomic E-state index is 12.8. The highest BCUT2D eigenvalue weighted by Crippen LogP contribution is 2.21. The second kappa shape index (κ2) is 12.3. The first kappa shape index (κ1) is 25.4. The molecule has 34 heavy (non-hydrogen) atoms.